The fraction of sp³-hybridized carbons (Fsp3) is 0.451. The van der Waals surface area contributed by atoms with E-state index < -0.39 is 132 Å². The predicted octanol–water partition coefficient (Wildman–Crippen LogP) is 0.501. The van der Waals surface area contributed by atoms with Crippen molar-refractivity contribution < 1.29 is 72.8 Å². The van der Waals surface area contributed by atoms with Crippen LogP contribution < -0.4 is 59.3 Å². The molecule has 17 N–H and O–H groups in total. The summed E-state index contributed by atoms with van der Waals surface area (Å²) in [5, 5.41) is 65.2. The second-order valence-electron chi connectivity index (χ2n) is 29.6. The average Bonchev–Trinajstić information content (AvgIpc) is 1.65. The number of imide groups is 1. The number of hydrogen-bond acceptors (Lipinski definition) is 19. The number of halogens is 1. The van der Waals surface area contributed by atoms with Crippen molar-refractivity contribution in [3.63, 3.8) is 0 Å². The predicted molar refractivity (Wildman–Crippen MR) is 428 cm³/mol. The molecule has 5 aromatic carbocycles. The van der Waals surface area contributed by atoms with Gasteiger partial charge in [-0.15, -0.1) is 0 Å². The Labute approximate surface area is 672 Å². The molecule has 0 saturated carbocycles. The van der Waals surface area contributed by atoms with Gasteiger partial charge in [0.15, 0.2) is 5.96 Å². The summed E-state index contributed by atoms with van der Waals surface area (Å²) in [5.41, 5.74) is 15.4. The molecule has 0 bridgehead atoms. The molecule has 32 nitrogen and oxygen atoms in total. The molecule has 10 atom stereocenters. The number of aliphatic hydroxyl groups is 3. The molecule has 115 heavy (non-hydrogen) atoms. The molecule has 616 valence electrons. The van der Waals surface area contributed by atoms with Crippen LogP contribution in [0.3, 0.4) is 0 Å². The van der Waals surface area contributed by atoms with Gasteiger partial charge in [-0.1, -0.05) is 135 Å². The fourth-order valence-electron chi connectivity index (χ4n) is 14.2. The van der Waals surface area contributed by atoms with Crippen molar-refractivity contribution in [2.45, 2.75) is 158 Å². The summed E-state index contributed by atoms with van der Waals surface area (Å²) in [6.07, 6.45) is 2.84. The summed E-state index contributed by atoms with van der Waals surface area (Å²) >= 11 is 6.29. The summed E-state index contributed by atoms with van der Waals surface area (Å²) in [5.74, 6) is -9.06. The first-order valence-corrected chi connectivity index (χ1v) is 39.2. The van der Waals surface area contributed by atoms with Gasteiger partial charge in [-0.05, 0) is 113 Å². The van der Waals surface area contributed by atoms with E-state index in [4.69, 9.17) is 33.2 Å². The number of morpholine rings is 1. The number of pyridine rings is 1. The van der Waals surface area contributed by atoms with E-state index in [0.717, 1.165) is 32.4 Å². The number of rotatable bonds is 42. The molecule has 3 fully saturated rings. The van der Waals surface area contributed by atoms with E-state index in [9.17, 15) is 44.1 Å². The molecule has 6 aromatic rings. The van der Waals surface area contributed by atoms with Gasteiger partial charge in [-0.2, -0.15) is 0 Å². The van der Waals surface area contributed by atoms with Gasteiger partial charge in [0, 0.05) is 102 Å². The molecule has 4 heterocycles. The van der Waals surface area contributed by atoms with E-state index in [1.807, 2.05) is 59.5 Å². The minimum Gasteiger partial charge on any atom is -0.395 e. The van der Waals surface area contributed by atoms with Gasteiger partial charge < -0.3 is 84.3 Å². The number of likely N-dealkylation sites (tertiary alicyclic amines) is 1. The number of benzene rings is 5. The zero-order valence-corrected chi connectivity index (χ0v) is 65.7. The van der Waals surface area contributed by atoms with Crippen LogP contribution in [0, 0.1) is 11.3 Å². The number of aliphatic hydroxyl groups excluding tert-OH is 3. The molecular weight excluding hydrogens is 1500 g/mol. The van der Waals surface area contributed by atoms with Crippen LogP contribution in [-0.4, -0.2) is 244 Å². The number of nitrogens with zero attached hydrogens (tertiary/aromatic N) is 5. The normalized spacial score (nSPS) is 17.1. The number of nitrogens with one attached hydrogen (secondary N) is 10. The number of primary amides is 1. The zero-order chi connectivity index (χ0) is 82.7. The van der Waals surface area contributed by atoms with Gasteiger partial charge in [0.1, 0.15) is 60.4 Å². The molecule has 0 spiro atoms. The molecule has 3 saturated heterocycles. The summed E-state index contributed by atoms with van der Waals surface area (Å²) in [6.45, 7) is 7.80. The smallest absolute Gasteiger partial charge is 0.325 e. The number of amides is 12. The van der Waals surface area contributed by atoms with E-state index in [2.05, 4.69) is 57.7 Å². The van der Waals surface area contributed by atoms with E-state index in [1.54, 1.807) is 86.6 Å². The van der Waals surface area contributed by atoms with Gasteiger partial charge in [-0.3, -0.25) is 68.1 Å². The molecule has 9 rings (SSSR count). The second kappa shape index (κ2) is 43.5. The zero-order valence-electron chi connectivity index (χ0n) is 64.9. The van der Waals surface area contributed by atoms with Crippen LogP contribution in [0.1, 0.15) is 91.8 Å². The molecule has 33 heteroatoms. The van der Waals surface area contributed by atoms with Crippen molar-refractivity contribution in [2.75, 3.05) is 72.3 Å². The van der Waals surface area contributed by atoms with Crippen LogP contribution >= 0.6 is 11.6 Å². The van der Waals surface area contributed by atoms with Gasteiger partial charge >= 0.3 is 6.03 Å². The SMILES string of the molecule is CC(C)C[C@H](NC(=O)[C@@H](Cc1ccc(CN(CCO)CCO)cc1)NC(=O)[C@H](Cc1ccc(CN2CCOCC2)cc1)NC(=O)[C@H](CO)NC(=O)[C@@H](Cc1cccnc1)NC(=O)C(Cc1ccc(Cl)cc1)N1C(=O)NC(Cc2ccc3ccccc3c2)C1=O)C(=O)N[C@@H](CCCNC(=N)N)C(=O)N1CCC[C@H]1C(=O)N[C@H](C)C(N)=O. The van der Waals surface area contributed by atoms with Gasteiger partial charge in [-0.25, -0.2) is 9.69 Å². The highest BCUT2D eigenvalue weighted by Crippen LogP contribution is 2.25. The summed E-state index contributed by atoms with van der Waals surface area (Å²) in [4.78, 5) is 171. The van der Waals surface area contributed by atoms with Crippen LogP contribution in [0.4, 0.5) is 4.79 Å². The van der Waals surface area contributed by atoms with Crippen molar-refractivity contribution in [3.8, 4) is 0 Å². The highest BCUT2D eigenvalue weighted by atomic mass is 35.5. The molecular formula is C82H106ClN17O15. The quantitative estimate of drug-likeness (QED) is 0.0107. The maximum atomic E-state index is 15.5. The lowest BCUT2D eigenvalue weighted by Crippen LogP contribution is -2.61. The maximum Gasteiger partial charge on any atom is 0.325 e. The Hall–Kier alpha value is -11.0. The van der Waals surface area contributed by atoms with Gasteiger partial charge in [0.2, 0.25) is 53.2 Å². The van der Waals surface area contributed by atoms with E-state index in [0.29, 0.717) is 73.1 Å². The number of ether oxygens (including phenoxy) is 1. The minimum absolute atomic E-state index is 0.00800. The first-order chi connectivity index (χ1) is 55.3. The van der Waals surface area contributed by atoms with Crippen LogP contribution in [0.2, 0.25) is 5.02 Å². The largest absolute Gasteiger partial charge is 0.395 e. The fourth-order valence-corrected chi connectivity index (χ4v) is 14.3. The number of nitrogens with two attached hydrogens (primary N) is 2. The molecule has 2 unspecified atom stereocenters. The minimum atomic E-state index is -1.85. The second-order valence-corrected chi connectivity index (χ2v) is 30.1. The van der Waals surface area contributed by atoms with Crippen molar-refractivity contribution in [2.24, 2.45) is 17.4 Å². The third-order valence-electron chi connectivity index (χ3n) is 20.4. The Morgan fingerprint density at radius 1 is 0.617 bits per heavy atom. The summed E-state index contributed by atoms with van der Waals surface area (Å²) in [7, 11) is 0. The van der Waals surface area contributed by atoms with Crippen LogP contribution in [0.25, 0.3) is 10.8 Å². The lowest BCUT2D eigenvalue weighted by atomic mass is 9.99. The highest BCUT2D eigenvalue weighted by Gasteiger charge is 2.46. The summed E-state index contributed by atoms with van der Waals surface area (Å²) < 4.78 is 5.56. The lowest BCUT2D eigenvalue weighted by molar-refractivity contribution is -0.142. The monoisotopic (exact) mass is 1600 g/mol. The topological polar surface area (TPSA) is 468 Å². The van der Waals surface area contributed by atoms with Gasteiger partial charge in [0.25, 0.3) is 5.91 Å². The highest BCUT2D eigenvalue weighted by molar-refractivity contribution is 6.30. The van der Waals surface area contributed by atoms with Crippen LogP contribution in [0.5, 0.6) is 0 Å². The molecule has 3 aliphatic heterocycles. The number of hydrogen-bond donors (Lipinski definition) is 15. The molecule has 0 aliphatic carbocycles. The van der Waals surface area contributed by atoms with Crippen molar-refractivity contribution in [3.05, 3.63) is 184 Å². The number of carbonyl (C=O) groups excluding carboxylic acids is 11. The number of fused-ring (bicyclic) bond motifs is 1. The third kappa shape index (κ3) is 26.3. The number of guanidine groups is 1. The Morgan fingerprint density at radius 3 is 1.75 bits per heavy atom. The number of carbonyl (C=O) groups is 11. The standard InChI is InChI=1S/C82H106ClN17O15/c1-50(2)39-63(72(105)90-62(12-7-29-88-81(85)86)79(112)99-30-8-13-69(99)77(110)89-51(3)71(84)104)91-73(106)64(41-52-14-18-55(19-15-52)47-97(31-35-101)32-36-102)92-74(107)65(42-53-16-20-56(21-17-53)48-98-33-37-115-38-34-98)93-76(109)68(49-103)95-75(108)66(44-58-9-6-28-87-46-58)94-78(111)70(45-54-23-26-61(83)27-24-54)100-80(113)67(96-82(100)114)43-57-22-25-59-10-4-5-11-60(59)40-57/h4-6,9-11,14-28,40,46,50-51,62-70,101-103H,7-8,12-13,29-39,41-45,47-49H2,1-3H3,(H2,84,104)(H,89,110)(H,90,105)(H,91,106)(H,92,107)(H,93,109)(H,94,111)(H,95,108)(H,96,114)(H4,85,86,88)/t51-,62+,63+,64-,65+,66-,67?,68+,69+,70?/m1/s1. The Kier molecular flexibility index (Phi) is 33.3. The average molecular weight is 1610 g/mol. The Balaban J connectivity index is 1.01. The Bertz CT molecular complexity index is 4330. The van der Waals surface area contributed by atoms with Crippen molar-refractivity contribution >= 4 is 93.4 Å². The van der Waals surface area contributed by atoms with Crippen molar-refractivity contribution in [1.29, 1.82) is 5.41 Å². The lowest BCUT2D eigenvalue weighted by Gasteiger charge is -2.31. The molecule has 3 aliphatic rings. The third-order valence-corrected chi connectivity index (χ3v) is 20.6. The Morgan fingerprint density at radius 2 is 1.16 bits per heavy atom. The number of urea groups is 1. The number of aromatic nitrogens is 1. The first kappa shape index (κ1) is 88.0. The summed E-state index contributed by atoms with van der Waals surface area (Å²) in [6, 6.07) is 22.3. The molecule has 1 aromatic heterocycles. The van der Waals surface area contributed by atoms with E-state index in [1.165, 1.54) is 24.2 Å². The van der Waals surface area contributed by atoms with Crippen LogP contribution in [0.15, 0.2) is 140 Å². The van der Waals surface area contributed by atoms with Crippen LogP contribution in [-0.2, 0) is 97.9 Å². The van der Waals surface area contributed by atoms with E-state index in [-0.39, 0.29) is 109 Å². The first-order valence-electron chi connectivity index (χ1n) is 38.8. The molecule has 0 radical (unpaired) electrons. The van der Waals surface area contributed by atoms with Crippen molar-refractivity contribution in [1.82, 2.24) is 72.4 Å². The van der Waals surface area contributed by atoms with Gasteiger partial charge in [0.05, 0.1) is 33.0 Å². The van der Waals surface area contributed by atoms with E-state index >= 15 is 24.0 Å². The molecule has 12 amide bonds. The maximum absolute atomic E-state index is 15.5.